The average molecular weight is 360 g/mol. The number of anilines is 1. The summed E-state index contributed by atoms with van der Waals surface area (Å²) in [6, 6.07) is 8.31. The van der Waals surface area contributed by atoms with Gasteiger partial charge in [0.1, 0.15) is 16.9 Å². The van der Waals surface area contributed by atoms with E-state index < -0.39 is 0 Å². The van der Waals surface area contributed by atoms with Crippen LogP contribution in [0.5, 0.6) is 0 Å². The molecular weight excluding hydrogens is 343 g/mol. The molecule has 1 aliphatic carbocycles. The summed E-state index contributed by atoms with van der Waals surface area (Å²) < 4.78 is 12.9. The Morgan fingerprint density at radius 1 is 1.46 bits per heavy atom. The van der Waals surface area contributed by atoms with Gasteiger partial charge < -0.3 is 5.32 Å². The number of thioether (sulfide) groups is 1. The lowest BCUT2D eigenvalue weighted by Crippen LogP contribution is -2.14. The Bertz CT molecular complexity index is 793. The van der Waals surface area contributed by atoms with E-state index in [0.29, 0.717) is 16.5 Å². The van der Waals surface area contributed by atoms with Crippen molar-refractivity contribution in [3.05, 3.63) is 46.1 Å². The van der Waals surface area contributed by atoms with E-state index in [9.17, 15) is 14.4 Å². The molecule has 0 fully saturated rings. The fourth-order valence-electron chi connectivity index (χ4n) is 2.80. The van der Waals surface area contributed by atoms with Crippen LogP contribution in [0.2, 0.25) is 0 Å². The van der Waals surface area contributed by atoms with Crippen LogP contribution in [0.15, 0.2) is 29.2 Å². The zero-order valence-electron chi connectivity index (χ0n) is 13.3. The van der Waals surface area contributed by atoms with Crippen molar-refractivity contribution >= 4 is 34.0 Å². The van der Waals surface area contributed by atoms with Gasteiger partial charge in [0.05, 0.1) is 11.3 Å². The van der Waals surface area contributed by atoms with Crippen LogP contribution in [0.25, 0.3) is 0 Å². The first-order chi connectivity index (χ1) is 11.6. The van der Waals surface area contributed by atoms with E-state index in [1.807, 2.05) is 0 Å². The zero-order valence-corrected chi connectivity index (χ0v) is 14.9. The number of hydrogen-bond acceptors (Lipinski definition) is 4. The van der Waals surface area contributed by atoms with E-state index >= 15 is 0 Å². The van der Waals surface area contributed by atoms with Crippen molar-refractivity contribution in [2.24, 2.45) is 5.92 Å². The molecule has 1 atom stereocenters. The van der Waals surface area contributed by atoms with E-state index in [1.54, 1.807) is 12.1 Å². The summed E-state index contributed by atoms with van der Waals surface area (Å²) in [5.74, 6) is 0.420. The Hall–Kier alpha value is -1.84. The van der Waals surface area contributed by atoms with Gasteiger partial charge in [0, 0.05) is 9.77 Å². The molecule has 24 heavy (non-hydrogen) atoms. The highest BCUT2D eigenvalue weighted by atomic mass is 32.2. The maximum Gasteiger partial charge on any atom is 0.235 e. The van der Waals surface area contributed by atoms with Crippen LogP contribution in [0.1, 0.15) is 29.3 Å². The first kappa shape index (κ1) is 17.0. The Morgan fingerprint density at radius 3 is 2.92 bits per heavy atom. The molecule has 1 aliphatic rings. The number of nitrogens with one attached hydrogen (secondary N) is 1. The van der Waals surface area contributed by atoms with Crippen LogP contribution in [0.4, 0.5) is 9.39 Å². The number of nitrogens with zero attached hydrogens (tertiary/aromatic N) is 1. The van der Waals surface area contributed by atoms with Gasteiger partial charge in [0.25, 0.3) is 0 Å². The van der Waals surface area contributed by atoms with Gasteiger partial charge in [-0.1, -0.05) is 6.92 Å². The first-order valence-corrected chi connectivity index (χ1v) is 9.60. The Morgan fingerprint density at radius 2 is 2.21 bits per heavy atom. The summed E-state index contributed by atoms with van der Waals surface area (Å²) >= 11 is 2.88. The molecule has 3 rings (SSSR count). The molecule has 0 saturated carbocycles. The molecule has 2 aromatic rings. The molecule has 1 heterocycles. The molecule has 1 amide bonds. The largest absolute Gasteiger partial charge is 0.316 e. The van der Waals surface area contributed by atoms with Gasteiger partial charge in [-0.3, -0.25) is 4.79 Å². The van der Waals surface area contributed by atoms with Crippen molar-refractivity contribution in [1.82, 2.24) is 0 Å². The molecular formula is C18H17FN2OS2. The third kappa shape index (κ3) is 3.80. The SMILES string of the molecule is CC1CCc2c(sc(NC(=O)CSc3ccc(F)cc3)c2C#N)C1. The van der Waals surface area contributed by atoms with Crippen LogP contribution in [-0.4, -0.2) is 11.7 Å². The molecule has 1 N–H and O–H groups in total. The maximum absolute atomic E-state index is 12.9. The van der Waals surface area contributed by atoms with E-state index in [-0.39, 0.29) is 17.5 Å². The van der Waals surface area contributed by atoms with Gasteiger partial charge in [0.15, 0.2) is 0 Å². The molecule has 124 valence electrons. The highest BCUT2D eigenvalue weighted by Gasteiger charge is 2.24. The highest BCUT2D eigenvalue weighted by molar-refractivity contribution is 8.00. The number of rotatable bonds is 4. The molecule has 1 unspecified atom stereocenters. The number of carbonyl (C=O) groups excluding carboxylic acids is 1. The van der Waals surface area contributed by atoms with Crippen molar-refractivity contribution in [2.75, 3.05) is 11.1 Å². The lowest BCUT2D eigenvalue weighted by molar-refractivity contribution is -0.113. The third-order valence-corrected chi connectivity index (χ3v) is 6.24. The second kappa shape index (κ2) is 7.37. The molecule has 0 spiro atoms. The Balaban J connectivity index is 1.66. The highest BCUT2D eigenvalue weighted by Crippen LogP contribution is 2.39. The van der Waals surface area contributed by atoms with Crippen molar-refractivity contribution in [3.8, 4) is 6.07 Å². The van der Waals surface area contributed by atoms with Crippen LogP contribution < -0.4 is 5.32 Å². The van der Waals surface area contributed by atoms with Crippen molar-refractivity contribution in [1.29, 1.82) is 5.26 Å². The molecule has 0 radical (unpaired) electrons. The third-order valence-electron chi connectivity index (χ3n) is 4.06. The summed E-state index contributed by atoms with van der Waals surface area (Å²) in [5.41, 5.74) is 1.74. The molecule has 1 aromatic carbocycles. The van der Waals surface area contributed by atoms with Crippen molar-refractivity contribution in [3.63, 3.8) is 0 Å². The fraction of sp³-hybridized carbons (Fsp3) is 0.333. The minimum atomic E-state index is -0.291. The monoisotopic (exact) mass is 360 g/mol. The topological polar surface area (TPSA) is 52.9 Å². The molecule has 0 bridgehead atoms. The van der Waals surface area contributed by atoms with Gasteiger partial charge >= 0.3 is 0 Å². The number of thiophene rings is 1. The van der Waals surface area contributed by atoms with Gasteiger partial charge in [0.2, 0.25) is 5.91 Å². The van der Waals surface area contributed by atoms with Gasteiger partial charge in [-0.05, 0) is 55.0 Å². The summed E-state index contributed by atoms with van der Waals surface area (Å²) in [4.78, 5) is 14.3. The summed E-state index contributed by atoms with van der Waals surface area (Å²) in [7, 11) is 0. The lowest BCUT2D eigenvalue weighted by Gasteiger charge is -2.17. The normalized spacial score (nSPS) is 16.3. The predicted octanol–water partition coefficient (Wildman–Crippen LogP) is 4.61. The van der Waals surface area contributed by atoms with Gasteiger partial charge in [-0.25, -0.2) is 4.39 Å². The Labute approximate surface area is 148 Å². The van der Waals surface area contributed by atoms with E-state index in [4.69, 9.17) is 0 Å². The van der Waals surface area contributed by atoms with E-state index in [2.05, 4.69) is 18.3 Å². The molecule has 0 aliphatic heterocycles. The number of nitriles is 1. The van der Waals surface area contributed by atoms with Gasteiger partial charge in [-0.2, -0.15) is 5.26 Å². The number of fused-ring (bicyclic) bond motifs is 1. The number of carbonyl (C=O) groups is 1. The van der Waals surface area contributed by atoms with Crippen molar-refractivity contribution < 1.29 is 9.18 Å². The smallest absolute Gasteiger partial charge is 0.235 e. The quantitative estimate of drug-likeness (QED) is 0.810. The second-order valence-electron chi connectivity index (χ2n) is 5.96. The zero-order chi connectivity index (χ0) is 17.1. The summed E-state index contributed by atoms with van der Waals surface area (Å²) in [5, 5.41) is 13.0. The standard InChI is InChI=1S/C18H17FN2OS2/c1-11-2-7-14-15(9-20)18(24-16(14)8-11)21-17(22)10-23-13-5-3-12(19)4-6-13/h3-6,11H,2,7-8,10H2,1H3,(H,21,22). The van der Waals surface area contributed by atoms with Crippen LogP contribution >= 0.6 is 23.1 Å². The number of hydrogen-bond donors (Lipinski definition) is 1. The van der Waals surface area contributed by atoms with Gasteiger partial charge in [-0.15, -0.1) is 23.1 Å². The first-order valence-electron chi connectivity index (χ1n) is 7.79. The molecule has 0 saturated heterocycles. The molecule has 1 aromatic heterocycles. The molecule has 3 nitrogen and oxygen atoms in total. The minimum Gasteiger partial charge on any atom is -0.316 e. The average Bonchev–Trinajstić information content (AvgIpc) is 2.90. The predicted molar refractivity (Wildman–Crippen MR) is 96.0 cm³/mol. The maximum atomic E-state index is 12.9. The van der Waals surface area contributed by atoms with Crippen molar-refractivity contribution in [2.45, 2.75) is 31.1 Å². The number of benzene rings is 1. The second-order valence-corrected chi connectivity index (χ2v) is 8.11. The van der Waals surface area contributed by atoms with Crippen LogP contribution in [0.3, 0.4) is 0 Å². The summed E-state index contributed by atoms with van der Waals surface area (Å²) in [6.45, 7) is 2.21. The molecule has 6 heteroatoms. The van der Waals surface area contributed by atoms with E-state index in [0.717, 1.165) is 29.7 Å². The lowest BCUT2D eigenvalue weighted by atomic mass is 9.89. The Kier molecular flexibility index (Phi) is 5.22. The van der Waals surface area contributed by atoms with E-state index in [1.165, 1.54) is 40.1 Å². The van der Waals surface area contributed by atoms with Crippen LogP contribution in [0, 0.1) is 23.1 Å². The number of amides is 1. The number of halogens is 1. The van der Waals surface area contributed by atoms with Crippen LogP contribution in [-0.2, 0) is 17.6 Å². The fourth-order valence-corrected chi connectivity index (χ4v) is 4.88. The minimum absolute atomic E-state index is 0.146. The summed E-state index contributed by atoms with van der Waals surface area (Å²) in [6.07, 6.45) is 2.98.